The van der Waals surface area contributed by atoms with Crippen LogP contribution in [0.5, 0.6) is 11.5 Å². The first kappa shape index (κ1) is 22.7. The molecule has 2 amide bonds. The van der Waals surface area contributed by atoms with Gasteiger partial charge in [-0.05, 0) is 68.1 Å². The standard InChI is InChI=1S/C23H27N3O4/c1-5-7-18-11-17(12-20(23(18)29)30-6-2)14-24-26-22(28)13-21(27)25-19-9-8-15(3)16(4)10-19/h5,8-12,14,29H,1,6-7,13H2,2-4H3,(H,25,27)(H,26,28)/b24-14+. The number of benzene rings is 2. The fourth-order valence-electron chi connectivity index (χ4n) is 2.73. The highest BCUT2D eigenvalue weighted by Gasteiger charge is 2.11. The maximum Gasteiger partial charge on any atom is 0.249 e. The van der Waals surface area contributed by atoms with Crippen LogP contribution in [0.1, 0.15) is 35.6 Å². The average molecular weight is 409 g/mol. The van der Waals surface area contributed by atoms with E-state index in [0.29, 0.717) is 35.6 Å². The number of rotatable bonds is 9. The molecule has 0 aromatic heterocycles. The van der Waals surface area contributed by atoms with Crippen molar-refractivity contribution in [3.8, 4) is 11.5 Å². The van der Waals surface area contributed by atoms with E-state index in [1.165, 1.54) is 6.21 Å². The van der Waals surface area contributed by atoms with Crippen LogP contribution >= 0.6 is 0 Å². The van der Waals surface area contributed by atoms with Crippen molar-refractivity contribution in [2.24, 2.45) is 5.10 Å². The summed E-state index contributed by atoms with van der Waals surface area (Å²) in [5.41, 5.74) is 6.42. The zero-order valence-corrected chi connectivity index (χ0v) is 17.5. The van der Waals surface area contributed by atoms with Gasteiger partial charge in [0.1, 0.15) is 6.42 Å². The second-order valence-corrected chi connectivity index (χ2v) is 6.77. The van der Waals surface area contributed by atoms with E-state index in [4.69, 9.17) is 4.74 Å². The van der Waals surface area contributed by atoms with Gasteiger partial charge in [-0.2, -0.15) is 5.10 Å². The summed E-state index contributed by atoms with van der Waals surface area (Å²) in [5.74, 6) is -0.580. The maximum atomic E-state index is 12.0. The third kappa shape index (κ3) is 6.48. The molecule has 0 spiro atoms. The van der Waals surface area contributed by atoms with Crippen molar-refractivity contribution in [1.82, 2.24) is 5.43 Å². The molecule has 0 aliphatic carbocycles. The molecule has 0 radical (unpaired) electrons. The normalized spacial score (nSPS) is 10.6. The van der Waals surface area contributed by atoms with E-state index in [2.05, 4.69) is 22.4 Å². The number of anilines is 1. The Hall–Kier alpha value is -3.61. The lowest BCUT2D eigenvalue weighted by Gasteiger charge is -2.10. The Bertz CT molecular complexity index is 967. The van der Waals surface area contributed by atoms with Gasteiger partial charge in [0.2, 0.25) is 11.8 Å². The molecular weight excluding hydrogens is 382 g/mol. The van der Waals surface area contributed by atoms with Crippen molar-refractivity contribution in [2.45, 2.75) is 33.6 Å². The van der Waals surface area contributed by atoms with E-state index in [-0.39, 0.29) is 12.2 Å². The predicted octanol–water partition coefficient (Wildman–Crippen LogP) is 3.62. The van der Waals surface area contributed by atoms with Crippen molar-refractivity contribution >= 4 is 23.7 Å². The Balaban J connectivity index is 1.97. The number of carbonyl (C=O) groups excluding carboxylic acids is 2. The number of nitrogens with one attached hydrogen (secondary N) is 2. The molecule has 2 rings (SSSR count). The summed E-state index contributed by atoms with van der Waals surface area (Å²) in [6.07, 6.45) is 3.19. The predicted molar refractivity (Wildman–Crippen MR) is 118 cm³/mol. The highest BCUT2D eigenvalue weighted by atomic mass is 16.5. The summed E-state index contributed by atoms with van der Waals surface area (Å²) in [4.78, 5) is 24.0. The van der Waals surface area contributed by atoms with Crippen molar-refractivity contribution in [3.05, 3.63) is 65.2 Å². The summed E-state index contributed by atoms with van der Waals surface area (Å²) in [7, 11) is 0. The SMILES string of the molecule is C=CCc1cc(/C=N/NC(=O)CC(=O)Nc2ccc(C)c(C)c2)cc(OCC)c1O. The van der Waals surface area contributed by atoms with Crippen LogP contribution in [0.3, 0.4) is 0 Å². The molecule has 0 aliphatic rings. The number of aromatic hydroxyl groups is 1. The average Bonchev–Trinajstić information content (AvgIpc) is 2.68. The molecule has 0 saturated heterocycles. The van der Waals surface area contributed by atoms with E-state index in [1.807, 2.05) is 32.9 Å². The highest BCUT2D eigenvalue weighted by Crippen LogP contribution is 2.31. The Labute approximate surface area is 176 Å². The number of ether oxygens (including phenoxy) is 1. The topological polar surface area (TPSA) is 100 Å². The molecule has 158 valence electrons. The first-order valence-electron chi connectivity index (χ1n) is 9.62. The number of phenolic OH excluding ortho intramolecular Hbond substituents is 1. The van der Waals surface area contributed by atoms with Gasteiger partial charge < -0.3 is 15.2 Å². The second-order valence-electron chi connectivity index (χ2n) is 6.77. The van der Waals surface area contributed by atoms with Gasteiger partial charge in [-0.15, -0.1) is 6.58 Å². The zero-order chi connectivity index (χ0) is 22.1. The number of aryl methyl sites for hydroxylation is 2. The van der Waals surface area contributed by atoms with Gasteiger partial charge in [0.05, 0.1) is 12.8 Å². The fraction of sp³-hybridized carbons (Fsp3) is 0.261. The van der Waals surface area contributed by atoms with Crippen LogP contribution in [0.2, 0.25) is 0 Å². The number of hydrazone groups is 1. The van der Waals surface area contributed by atoms with E-state index in [9.17, 15) is 14.7 Å². The fourth-order valence-corrected chi connectivity index (χ4v) is 2.73. The molecule has 2 aromatic carbocycles. The largest absolute Gasteiger partial charge is 0.504 e. The molecule has 0 unspecified atom stereocenters. The molecule has 0 fully saturated rings. The van der Waals surface area contributed by atoms with Crippen molar-refractivity contribution in [2.75, 3.05) is 11.9 Å². The molecule has 3 N–H and O–H groups in total. The van der Waals surface area contributed by atoms with Gasteiger partial charge in [0, 0.05) is 11.3 Å². The summed E-state index contributed by atoms with van der Waals surface area (Å²) < 4.78 is 5.43. The quantitative estimate of drug-likeness (QED) is 0.255. The van der Waals surface area contributed by atoms with Gasteiger partial charge >= 0.3 is 0 Å². The molecule has 7 heteroatoms. The van der Waals surface area contributed by atoms with Crippen LogP contribution in [0.25, 0.3) is 0 Å². The molecule has 0 atom stereocenters. The number of carbonyl (C=O) groups is 2. The minimum atomic E-state index is -0.539. The smallest absolute Gasteiger partial charge is 0.249 e. The summed E-state index contributed by atoms with van der Waals surface area (Å²) in [5, 5.41) is 16.8. The number of nitrogens with zero attached hydrogens (tertiary/aromatic N) is 1. The molecule has 0 bridgehead atoms. The molecule has 2 aromatic rings. The van der Waals surface area contributed by atoms with Crippen molar-refractivity contribution in [1.29, 1.82) is 0 Å². The molecule has 0 saturated carbocycles. The van der Waals surface area contributed by atoms with Crippen LogP contribution in [0.4, 0.5) is 5.69 Å². The second kappa shape index (κ2) is 10.8. The zero-order valence-electron chi connectivity index (χ0n) is 17.5. The molecular formula is C23H27N3O4. The van der Waals surface area contributed by atoms with Crippen LogP contribution in [-0.4, -0.2) is 29.7 Å². The third-order valence-corrected chi connectivity index (χ3v) is 4.35. The van der Waals surface area contributed by atoms with E-state index >= 15 is 0 Å². The summed E-state index contributed by atoms with van der Waals surface area (Å²) in [6.45, 7) is 9.82. The van der Waals surface area contributed by atoms with Gasteiger partial charge in [-0.1, -0.05) is 12.1 Å². The van der Waals surface area contributed by atoms with Gasteiger partial charge in [0.15, 0.2) is 11.5 Å². The van der Waals surface area contributed by atoms with Gasteiger partial charge in [0.25, 0.3) is 0 Å². The highest BCUT2D eigenvalue weighted by molar-refractivity contribution is 6.03. The van der Waals surface area contributed by atoms with Crippen LogP contribution in [-0.2, 0) is 16.0 Å². The van der Waals surface area contributed by atoms with E-state index in [0.717, 1.165) is 11.1 Å². The Kier molecular flexibility index (Phi) is 8.17. The first-order chi connectivity index (χ1) is 14.3. The number of hydrogen-bond acceptors (Lipinski definition) is 5. The number of phenols is 1. The third-order valence-electron chi connectivity index (χ3n) is 4.35. The van der Waals surface area contributed by atoms with Crippen LogP contribution < -0.4 is 15.5 Å². The summed E-state index contributed by atoms with van der Waals surface area (Å²) >= 11 is 0. The molecule has 7 nitrogen and oxygen atoms in total. The van der Waals surface area contributed by atoms with Gasteiger partial charge in [-0.25, -0.2) is 5.43 Å². The minimum Gasteiger partial charge on any atom is -0.504 e. The Morgan fingerprint density at radius 2 is 1.93 bits per heavy atom. The first-order valence-corrected chi connectivity index (χ1v) is 9.62. The van der Waals surface area contributed by atoms with E-state index < -0.39 is 11.8 Å². The number of allylic oxidation sites excluding steroid dienone is 1. The Morgan fingerprint density at radius 3 is 2.60 bits per heavy atom. The molecule has 0 aliphatic heterocycles. The van der Waals surface area contributed by atoms with E-state index in [1.54, 1.807) is 24.3 Å². The number of hydrogen-bond donors (Lipinski definition) is 3. The number of amides is 2. The molecule has 0 heterocycles. The lowest BCUT2D eigenvalue weighted by molar-refractivity contribution is -0.126. The maximum absolute atomic E-state index is 12.0. The monoisotopic (exact) mass is 409 g/mol. The lowest BCUT2D eigenvalue weighted by atomic mass is 10.1. The Morgan fingerprint density at radius 1 is 1.17 bits per heavy atom. The molecule has 30 heavy (non-hydrogen) atoms. The van der Waals surface area contributed by atoms with Gasteiger partial charge in [-0.3, -0.25) is 9.59 Å². The summed E-state index contributed by atoms with van der Waals surface area (Å²) in [6, 6.07) is 8.89. The lowest BCUT2D eigenvalue weighted by Crippen LogP contribution is -2.24. The van der Waals surface area contributed by atoms with Crippen LogP contribution in [0, 0.1) is 13.8 Å². The van der Waals surface area contributed by atoms with Crippen molar-refractivity contribution < 1.29 is 19.4 Å². The minimum absolute atomic E-state index is 0.0564. The van der Waals surface area contributed by atoms with Crippen molar-refractivity contribution in [3.63, 3.8) is 0 Å². The van der Waals surface area contributed by atoms with Crippen LogP contribution in [0.15, 0.2) is 48.1 Å².